The summed E-state index contributed by atoms with van der Waals surface area (Å²) in [5.74, 6) is -0.268. The molecule has 0 spiro atoms. The molecule has 1 heterocycles. The number of amides is 1. The van der Waals surface area contributed by atoms with Crippen LogP contribution in [0, 0.1) is 5.82 Å². The third-order valence-corrected chi connectivity index (χ3v) is 2.75. The second-order valence-corrected chi connectivity index (χ2v) is 4.55. The van der Waals surface area contributed by atoms with Gasteiger partial charge in [-0.25, -0.2) is 4.39 Å². The predicted octanol–water partition coefficient (Wildman–Crippen LogP) is 1.61. The number of amidine groups is 1. The van der Waals surface area contributed by atoms with Crippen LogP contribution in [0.3, 0.4) is 0 Å². The number of hydrogen-bond donors (Lipinski definition) is 2. The Morgan fingerprint density at radius 3 is 2.91 bits per heavy atom. The van der Waals surface area contributed by atoms with Gasteiger partial charge in [0.25, 0.3) is 5.91 Å². The van der Waals surface area contributed by atoms with Gasteiger partial charge in [0.2, 0.25) is 0 Å². The standard InChI is InChI=1S/C15H16FN5O/c1-21-9-7-14(20-21)18-8-6-13(17)19-15(22)10-11-4-2-3-5-12(11)16/h2-9H,10H2,1H3,(H,18,20)(H2,17,19,22)/b8-6-. The maximum atomic E-state index is 13.4. The maximum absolute atomic E-state index is 13.4. The molecule has 0 saturated carbocycles. The second-order valence-electron chi connectivity index (χ2n) is 4.55. The molecule has 7 heteroatoms. The van der Waals surface area contributed by atoms with Crippen molar-refractivity contribution in [1.82, 2.24) is 9.78 Å². The van der Waals surface area contributed by atoms with Crippen LogP contribution in [-0.4, -0.2) is 21.5 Å². The van der Waals surface area contributed by atoms with E-state index >= 15 is 0 Å². The van der Waals surface area contributed by atoms with E-state index in [4.69, 9.17) is 5.73 Å². The Hall–Kier alpha value is -2.96. The molecule has 0 radical (unpaired) electrons. The monoisotopic (exact) mass is 301 g/mol. The minimum absolute atomic E-state index is 0.0322. The fourth-order valence-corrected chi connectivity index (χ4v) is 1.73. The van der Waals surface area contributed by atoms with Crippen LogP contribution in [0.4, 0.5) is 10.2 Å². The number of aryl methyl sites for hydroxylation is 1. The van der Waals surface area contributed by atoms with Crippen LogP contribution in [0.1, 0.15) is 5.56 Å². The summed E-state index contributed by atoms with van der Waals surface area (Å²) in [5.41, 5.74) is 5.91. The van der Waals surface area contributed by atoms with Crippen LogP contribution in [-0.2, 0) is 18.3 Å². The lowest BCUT2D eigenvalue weighted by molar-refractivity contribution is -0.117. The first-order chi connectivity index (χ1) is 10.5. The van der Waals surface area contributed by atoms with Crippen molar-refractivity contribution in [2.24, 2.45) is 17.8 Å². The lowest BCUT2D eigenvalue weighted by Gasteiger charge is -1.99. The van der Waals surface area contributed by atoms with Crippen LogP contribution in [0.25, 0.3) is 0 Å². The molecule has 0 unspecified atom stereocenters. The van der Waals surface area contributed by atoms with E-state index in [1.165, 1.54) is 24.4 Å². The van der Waals surface area contributed by atoms with Gasteiger partial charge < -0.3 is 11.1 Å². The minimum atomic E-state index is -0.509. The summed E-state index contributed by atoms with van der Waals surface area (Å²) in [6, 6.07) is 7.84. The zero-order chi connectivity index (χ0) is 15.9. The number of rotatable bonds is 5. The third-order valence-electron chi connectivity index (χ3n) is 2.75. The number of halogens is 1. The number of carbonyl (C=O) groups is 1. The van der Waals surface area contributed by atoms with E-state index in [9.17, 15) is 9.18 Å². The first-order valence-corrected chi connectivity index (χ1v) is 6.58. The molecule has 0 fully saturated rings. The van der Waals surface area contributed by atoms with Gasteiger partial charge in [-0.2, -0.15) is 10.1 Å². The van der Waals surface area contributed by atoms with E-state index in [-0.39, 0.29) is 12.3 Å². The van der Waals surface area contributed by atoms with Crippen LogP contribution in [0.15, 0.2) is 53.8 Å². The predicted molar refractivity (Wildman–Crippen MR) is 82.7 cm³/mol. The number of aliphatic imine (C=N–C) groups is 1. The molecule has 0 aliphatic heterocycles. The summed E-state index contributed by atoms with van der Waals surface area (Å²) in [5, 5.41) is 6.98. The molecule has 3 N–H and O–H groups in total. The average molecular weight is 301 g/mol. The molecular weight excluding hydrogens is 285 g/mol. The van der Waals surface area contributed by atoms with Gasteiger partial charge in [0.15, 0.2) is 5.82 Å². The fourth-order valence-electron chi connectivity index (χ4n) is 1.73. The number of nitrogens with zero attached hydrogens (tertiary/aromatic N) is 3. The molecule has 1 amide bonds. The summed E-state index contributed by atoms with van der Waals surface area (Å²) < 4.78 is 15.1. The van der Waals surface area contributed by atoms with Gasteiger partial charge >= 0.3 is 0 Å². The van der Waals surface area contributed by atoms with Crippen molar-refractivity contribution in [3.05, 3.63) is 60.2 Å². The number of carbonyl (C=O) groups excluding carboxylic acids is 1. The van der Waals surface area contributed by atoms with Gasteiger partial charge in [-0.1, -0.05) is 18.2 Å². The molecule has 0 saturated heterocycles. The normalized spacial score (nSPS) is 11.8. The smallest absolute Gasteiger partial charge is 0.252 e. The SMILES string of the molecule is Cn1ccc(N/C=C\C(N)=NC(=O)Cc2ccccc2F)n1. The van der Waals surface area contributed by atoms with Crippen molar-refractivity contribution in [2.45, 2.75) is 6.42 Å². The average Bonchev–Trinajstić information content (AvgIpc) is 2.87. The molecule has 0 aliphatic rings. The van der Waals surface area contributed by atoms with Crippen LogP contribution >= 0.6 is 0 Å². The number of hydrogen-bond acceptors (Lipinski definition) is 3. The summed E-state index contributed by atoms with van der Waals surface area (Å²) in [4.78, 5) is 15.4. The number of anilines is 1. The Kier molecular flexibility index (Phi) is 5.02. The maximum Gasteiger partial charge on any atom is 0.252 e. The Balaban J connectivity index is 1.91. The lowest BCUT2D eigenvalue weighted by Crippen LogP contribution is -2.13. The van der Waals surface area contributed by atoms with Crippen molar-refractivity contribution in [3.8, 4) is 0 Å². The molecule has 0 bridgehead atoms. The van der Waals surface area contributed by atoms with E-state index in [1.54, 1.807) is 36.1 Å². The van der Waals surface area contributed by atoms with E-state index < -0.39 is 11.7 Å². The number of nitrogens with one attached hydrogen (secondary N) is 1. The molecule has 0 aliphatic carbocycles. The van der Waals surface area contributed by atoms with Crippen LogP contribution in [0.5, 0.6) is 0 Å². The van der Waals surface area contributed by atoms with Crippen molar-refractivity contribution < 1.29 is 9.18 Å². The Morgan fingerprint density at radius 2 is 2.23 bits per heavy atom. The molecule has 2 aromatic rings. The largest absolute Gasteiger partial charge is 0.384 e. The second kappa shape index (κ2) is 7.16. The summed E-state index contributed by atoms with van der Waals surface area (Å²) >= 11 is 0. The highest BCUT2D eigenvalue weighted by Gasteiger charge is 2.06. The molecule has 6 nitrogen and oxygen atoms in total. The van der Waals surface area contributed by atoms with Crippen molar-refractivity contribution in [3.63, 3.8) is 0 Å². The first-order valence-electron chi connectivity index (χ1n) is 6.58. The zero-order valence-electron chi connectivity index (χ0n) is 12.0. The summed E-state index contributed by atoms with van der Waals surface area (Å²) in [7, 11) is 1.80. The Morgan fingerprint density at radius 1 is 1.45 bits per heavy atom. The summed E-state index contributed by atoms with van der Waals surface area (Å²) in [6.07, 6.45) is 4.62. The highest BCUT2D eigenvalue weighted by molar-refractivity contribution is 6.00. The van der Waals surface area contributed by atoms with Gasteiger partial charge in [-0.15, -0.1) is 0 Å². The van der Waals surface area contributed by atoms with Gasteiger partial charge in [-0.3, -0.25) is 9.48 Å². The van der Waals surface area contributed by atoms with E-state index in [1.807, 2.05) is 0 Å². The molecule has 114 valence electrons. The van der Waals surface area contributed by atoms with Gasteiger partial charge in [-0.05, 0) is 17.7 Å². The van der Waals surface area contributed by atoms with E-state index in [2.05, 4.69) is 15.4 Å². The number of nitrogens with two attached hydrogens (primary N) is 1. The molecule has 1 aromatic carbocycles. The van der Waals surface area contributed by atoms with Crippen molar-refractivity contribution in [2.75, 3.05) is 5.32 Å². The Bertz CT molecular complexity index is 720. The minimum Gasteiger partial charge on any atom is -0.384 e. The molecular formula is C15H16FN5O. The van der Waals surface area contributed by atoms with E-state index in [0.717, 1.165) is 0 Å². The number of aromatic nitrogens is 2. The summed E-state index contributed by atoms with van der Waals surface area (Å²) in [6.45, 7) is 0. The molecule has 22 heavy (non-hydrogen) atoms. The third kappa shape index (κ3) is 4.55. The van der Waals surface area contributed by atoms with Crippen molar-refractivity contribution in [1.29, 1.82) is 0 Å². The van der Waals surface area contributed by atoms with Crippen LogP contribution in [0.2, 0.25) is 0 Å². The topological polar surface area (TPSA) is 85.3 Å². The van der Waals surface area contributed by atoms with E-state index in [0.29, 0.717) is 11.4 Å². The van der Waals surface area contributed by atoms with Gasteiger partial charge in [0, 0.05) is 25.5 Å². The Labute approximate surface area is 127 Å². The molecule has 1 aromatic heterocycles. The quantitative estimate of drug-likeness (QED) is 0.649. The molecule has 2 rings (SSSR count). The number of benzene rings is 1. The highest BCUT2D eigenvalue weighted by atomic mass is 19.1. The highest BCUT2D eigenvalue weighted by Crippen LogP contribution is 2.07. The molecule has 0 atom stereocenters. The lowest BCUT2D eigenvalue weighted by atomic mass is 10.1. The van der Waals surface area contributed by atoms with Crippen molar-refractivity contribution >= 4 is 17.6 Å². The van der Waals surface area contributed by atoms with Crippen LogP contribution < -0.4 is 11.1 Å². The van der Waals surface area contributed by atoms with Gasteiger partial charge in [0.1, 0.15) is 11.7 Å². The first kappa shape index (κ1) is 15.4. The zero-order valence-corrected chi connectivity index (χ0v) is 12.0. The fraction of sp³-hybridized carbons (Fsp3) is 0.133. The van der Waals surface area contributed by atoms with Gasteiger partial charge in [0.05, 0.1) is 6.42 Å².